The summed E-state index contributed by atoms with van der Waals surface area (Å²) in [5.74, 6) is -0.299. The number of nitrogens with one attached hydrogen (secondary N) is 1. The highest BCUT2D eigenvalue weighted by Gasteiger charge is 2.29. The van der Waals surface area contributed by atoms with E-state index in [0.29, 0.717) is 17.8 Å². The molecule has 0 radical (unpaired) electrons. The van der Waals surface area contributed by atoms with Gasteiger partial charge < -0.3 is 15.0 Å². The number of aromatic nitrogens is 4. The van der Waals surface area contributed by atoms with E-state index in [1.165, 1.54) is 4.57 Å². The van der Waals surface area contributed by atoms with Crippen LogP contribution < -0.4 is 10.9 Å². The number of imidazole rings is 1. The van der Waals surface area contributed by atoms with Gasteiger partial charge in [0, 0.05) is 31.7 Å². The van der Waals surface area contributed by atoms with Gasteiger partial charge in [0.15, 0.2) is 5.75 Å². The number of fused-ring (bicyclic) bond motifs is 1. The van der Waals surface area contributed by atoms with Crippen molar-refractivity contribution in [3.8, 4) is 5.75 Å². The van der Waals surface area contributed by atoms with E-state index in [2.05, 4.69) is 15.3 Å². The van der Waals surface area contributed by atoms with Gasteiger partial charge in [-0.25, -0.2) is 4.98 Å². The average Bonchev–Trinajstić information content (AvgIpc) is 3.50. The molecule has 1 aromatic carbocycles. The Morgan fingerprint density at radius 3 is 2.66 bits per heavy atom. The van der Waals surface area contributed by atoms with Crippen molar-refractivity contribution in [3.63, 3.8) is 0 Å². The monoisotopic (exact) mass is 429 g/mol. The number of benzene rings is 1. The van der Waals surface area contributed by atoms with Gasteiger partial charge in [-0.15, -0.1) is 0 Å². The first-order chi connectivity index (χ1) is 15.5. The highest BCUT2D eigenvalue weighted by molar-refractivity contribution is 6.01. The first-order valence-corrected chi connectivity index (χ1v) is 10.6. The summed E-state index contributed by atoms with van der Waals surface area (Å²) < 4.78 is 3.29. The Morgan fingerprint density at radius 2 is 1.97 bits per heavy atom. The van der Waals surface area contributed by atoms with Gasteiger partial charge in [0.1, 0.15) is 16.9 Å². The number of hydrogen-bond acceptors (Lipinski definition) is 5. The summed E-state index contributed by atoms with van der Waals surface area (Å²) in [4.78, 5) is 35.0. The topological polar surface area (TPSA) is 102 Å². The lowest BCUT2D eigenvalue weighted by atomic mass is 10.1. The molecule has 1 aliphatic carbocycles. The summed E-state index contributed by atoms with van der Waals surface area (Å²) in [5, 5.41) is 13.7. The molecule has 1 aliphatic rings. The van der Waals surface area contributed by atoms with Crippen molar-refractivity contribution in [2.24, 2.45) is 7.05 Å². The van der Waals surface area contributed by atoms with Gasteiger partial charge in [-0.3, -0.25) is 19.1 Å². The smallest absolute Gasteiger partial charge is 0.268 e. The van der Waals surface area contributed by atoms with Gasteiger partial charge in [-0.1, -0.05) is 30.3 Å². The van der Waals surface area contributed by atoms with Crippen LogP contribution in [0.25, 0.3) is 11.0 Å². The normalized spacial score (nSPS) is 13.4. The Bertz CT molecular complexity index is 1370. The van der Waals surface area contributed by atoms with Gasteiger partial charge in [0.25, 0.3) is 11.5 Å². The molecule has 0 spiro atoms. The van der Waals surface area contributed by atoms with Crippen LogP contribution in [0.4, 0.5) is 0 Å². The highest BCUT2D eigenvalue weighted by Crippen LogP contribution is 2.27. The molecule has 0 atom stereocenters. The van der Waals surface area contributed by atoms with Crippen LogP contribution in [0.3, 0.4) is 0 Å². The molecule has 0 aliphatic heterocycles. The summed E-state index contributed by atoms with van der Waals surface area (Å²) in [6.07, 6.45) is 7.51. The van der Waals surface area contributed by atoms with E-state index < -0.39 is 11.5 Å². The number of rotatable bonds is 6. The van der Waals surface area contributed by atoms with Crippen molar-refractivity contribution in [3.05, 3.63) is 87.9 Å². The fourth-order valence-electron chi connectivity index (χ4n) is 3.81. The third kappa shape index (κ3) is 3.75. The third-order valence-electron chi connectivity index (χ3n) is 5.75. The van der Waals surface area contributed by atoms with Crippen LogP contribution in [0.2, 0.25) is 0 Å². The highest BCUT2D eigenvalue weighted by atomic mass is 16.3. The maximum absolute atomic E-state index is 13.4. The molecule has 4 aromatic rings. The van der Waals surface area contributed by atoms with Crippen LogP contribution in [0.5, 0.6) is 5.75 Å². The molecule has 32 heavy (non-hydrogen) atoms. The molecule has 3 aromatic heterocycles. The van der Waals surface area contributed by atoms with Gasteiger partial charge in [0.2, 0.25) is 0 Å². The van der Waals surface area contributed by atoms with E-state index in [9.17, 15) is 14.7 Å². The lowest BCUT2D eigenvalue weighted by Gasteiger charge is -2.15. The number of carbonyl (C=O) groups is 1. The van der Waals surface area contributed by atoms with Crippen molar-refractivity contribution < 1.29 is 9.90 Å². The number of amides is 1. The molecule has 3 heterocycles. The molecule has 162 valence electrons. The van der Waals surface area contributed by atoms with Crippen molar-refractivity contribution in [2.75, 3.05) is 0 Å². The molecular formula is C24H23N5O3. The van der Waals surface area contributed by atoms with E-state index in [0.717, 1.165) is 24.0 Å². The van der Waals surface area contributed by atoms with Crippen molar-refractivity contribution >= 4 is 16.9 Å². The van der Waals surface area contributed by atoms with E-state index in [1.807, 2.05) is 48.0 Å². The van der Waals surface area contributed by atoms with Crippen LogP contribution >= 0.6 is 0 Å². The SMILES string of the molecule is Cn1ccnc1Cn1c(=O)c(C(=O)NC2CC2)c(O)c2ncc(Cc3ccccc3)cc21. The molecule has 0 unspecified atom stereocenters. The lowest BCUT2D eigenvalue weighted by molar-refractivity contribution is 0.0946. The summed E-state index contributed by atoms with van der Waals surface area (Å²) >= 11 is 0. The molecule has 5 rings (SSSR count). The molecule has 1 amide bonds. The molecule has 2 N–H and O–H groups in total. The number of pyridine rings is 2. The number of aryl methyl sites for hydroxylation is 1. The van der Waals surface area contributed by atoms with Crippen LogP contribution in [0, 0.1) is 0 Å². The summed E-state index contributed by atoms with van der Waals surface area (Å²) in [6.45, 7) is 0.152. The van der Waals surface area contributed by atoms with E-state index in [4.69, 9.17) is 0 Å². The minimum absolute atomic E-state index is 0.0567. The number of carbonyl (C=O) groups excluding carboxylic acids is 1. The second kappa shape index (κ2) is 7.96. The molecule has 1 fully saturated rings. The quantitative estimate of drug-likeness (QED) is 0.490. The molecule has 0 bridgehead atoms. The Kier molecular flexibility index (Phi) is 4.97. The first kappa shape index (κ1) is 20.0. The van der Waals surface area contributed by atoms with Crippen LogP contribution in [0.15, 0.2) is 59.8 Å². The van der Waals surface area contributed by atoms with Crippen LogP contribution in [0.1, 0.15) is 40.2 Å². The maximum Gasteiger partial charge on any atom is 0.268 e. The Morgan fingerprint density at radius 1 is 1.19 bits per heavy atom. The van der Waals surface area contributed by atoms with Crippen LogP contribution in [-0.4, -0.2) is 36.2 Å². The number of hydrogen-bond donors (Lipinski definition) is 2. The zero-order valence-corrected chi connectivity index (χ0v) is 17.7. The minimum Gasteiger partial charge on any atom is -0.505 e. The summed E-state index contributed by atoms with van der Waals surface area (Å²) in [7, 11) is 1.84. The first-order valence-electron chi connectivity index (χ1n) is 10.6. The van der Waals surface area contributed by atoms with Crippen molar-refractivity contribution in [1.82, 2.24) is 24.4 Å². The Hall–Kier alpha value is -3.94. The third-order valence-corrected chi connectivity index (χ3v) is 5.75. The second-order valence-electron chi connectivity index (χ2n) is 8.19. The largest absolute Gasteiger partial charge is 0.505 e. The van der Waals surface area contributed by atoms with Crippen LogP contribution in [-0.2, 0) is 20.0 Å². The van der Waals surface area contributed by atoms with E-state index >= 15 is 0 Å². The minimum atomic E-state index is -0.569. The number of aromatic hydroxyl groups is 1. The summed E-state index contributed by atoms with van der Waals surface area (Å²) in [5.41, 5.74) is 1.85. The Balaban J connectivity index is 1.66. The standard InChI is InChI=1S/C24H23N5O3/c1-28-10-9-25-19(28)14-29-18-12-16(11-15-5-3-2-4-6-15)13-26-21(18)22(30)20(24(29)32)23(31)27-17-7-8-17/h2-6,9-10,12-13,17,30H,7-8,11,14H2,1H3,(H,27,31). The average molecular weight is 429 g/mol. The lowest BCUT2D eigenvalue weighted by Crippen LogP contribution is -2.35. The maximum atomic E-state index is 13.4. The molecule has 1 saturated carbocycles. The predicted octanol–water partition coefficient (Wildman–Crippen LogP) is 2.37. The number of nitrogens with zero attached hydrogens (tertiary/aromatic N) is 4. The zero-order chi connectivity index (χ0) is 22.2. The van der Waals surface area contributed by atoms with Gasteiger partial charge in [0.05, 0.1) is 12.1 Å². The zero-order valence-electron chi connectivity index (χ0n) is 17.7. The van der Waals surface area contributed by atoms with Crippen molar-refractivity contribution in [2.45, 2.75) is 31.8 Å². The van der Waals surface area contributed by atoms with E-state index in [1.54, 1.807) is 18.6 Å². The molecule has 8 heteroatoms. The molecule has 8 nitrogen and oxygen atoms in total. The summed E-state index contributed by atoms with van der Waals surface area (Å²) in [6, 6.07) is 11.8. The second-order valence-corrected chi connectivity index (χ2v) is 8.19. The molecular weight excluding hydrogens is 406 g/mol. The van der Waals surface area contributed by atoms with Gasteiger partial charge in [-0.05, 0) is 36.5 Å². The van der Waals surface area contributed by atoms with Crippen molar-refractivity contribution in [1.29, 1.82) is 0 Å². The fraction of sp³-hybridized carbons (Fsp3) is 0.250. The Labute approximate surface area is 184 Å². The van der Waals surface area contributed by atoms with Gasteiger partial charge in [-0.2, -0.15) is 0 Å². The van der Waals surface area contributed by atoms with Gasteiger partial charge >= 0.3 is 0 Å². The fourth-order valence-corrected chi connectivity index (χ4v) is 3.81. The van der Waals surface area contributed by atoms with E-state index in [-0.39, 0.29) is 29.4 Å². The predicted molar refractivity (Wildman–Crippen MR) is 120 cm³/mol. The molecule has 0 saturated heterocycles.